The van der Waals surface area contributed by atoms with Crippen LogP contribution < -0.4 is 0 Å². The third-order valence-corrected chi connectivity index (χ3v) is 1.62. The first kappa shape index (κ1) is 12.5. The number of hydrogen-bond acceptors (Lipinski definition) is 2. The highest BCUT2D eigenvalue weighted by atomic mass is 35.5. The minimum absolute atomic E-state index is 0.0928. The van der Waals surface area contributed by atoms with E-state index in [1.54, 1.807) is 0 Å². The average molecular weight is 216 g/mol. The van der Waals surface area contributed by atoms with Gasteiger partial charge in [-0.05, 0) is 6.42 Å². The molecule has 1 unspecified atom stereocenters. The molecular formula is C7H9ClF3NO. The van der Waals surface area contributed by atoms with Crippen LogP contribution in [0.5, 0.6) is 0 Å². The van der Waals surface area contributed by atoms with Gasteiger partial charge < -0.3 is 4.74 Å². The molecule has 0 bridgehead atoms. The van der Waals surface area contributed by atoms with Gasteiger partial charge in [0.2, 0.25) is 0 Å². The molecule has 0 N–H and O–H groups in total. The van der Waals surface area contributed by atoms with Gasteiger partial charge in [0.25, 0.3) is 0 Å². The Labute approximate surface area is 79.2 Å². The van der Waals surface area contributed by atoms with Crippen LogP contribution in [-0.2, 0) is 4.74 Å². The van der Waals surface area contributed by atoms with E-state index in [2.05, 4.69) is 4.74 Å². The molecule has 0 aromatic rings. The van der Waals surface area contributed by atoms with E-state index < -0.39 is 18.7 Å². The first-order valence-corrected chi connectivity index (χ1v) is 4.13. The summed E-state index contributed by atoms with van der Waals surface area (Å²) in [5, 5.41) is 8.37. The molecule has 0 amide bonds. The lowest BCUT2D eigenvalue weighted by Crippen LogP contribution is -2.18. The summed E-state index contributed by atoms with van der Waals surface area (Å²) in [6.07, 6.45) is -4.07. The first-order chi connectivity index (χ1) is 5.99. The lowest BCUT2D eigenvalue weighted by atomic mass is 10.1. The minimum Gasteiger partial charge on any atom is -0.372 e. The standard InChI is InChI=1S/C7H9ClF3NO/c8-3-6(4-12)1-2-13-5-7(9,10)11/h6H,1-3,5H2. The van der Waals surface area contributed by atoms with Gasteiger partial charge >= 0.3 is 6.18 Å². The van der Waals surface area contributed by atoms with Crippen LogP contribution in [-0.4, -0.2) is 25.3 Å². The predicted molar refractivity (Wildman–Crippen MR) is 41.3 cm³/mol. The van der Waals surface area contributed by atoms with E-state index in [1.807, 2.05) is 6.07 Å². The summed E-state index contributed by atoms with van der Waals surface area (Å²) in [4.78, 5) is 0. The first-order valence-electron chi connectivity index (χ1n) is 3.59. The molecule has 0 radical (unpaired) electrons. The van der Waals surface area contributed by atoms with Crippen molar-refractivity contribution in [3.63, 3.8) is 0 Å². The maximum absolute atomic E-state index is 11.5. The summed E-state index contributed by atoms with van der Waals surface area (Å²) in [5.41, 5.74) is 0. The molecule has 0 saturated heterocycles. The van der Waals surface area contributed by atoms with Crippen LogP contribution >= 0.6 is 11.6 Å². The number of halogens is 4. The fraction of sp³-hybridized carbons (Fsp3) is 0.857. The van der Waals surface area contributed by atoms with Crippen LogP contribution in [0, 0.1) is 17.2 Å². The van der Waals surface area contributed by atoms with Crippen molar-refractivity contribution in [2.45, 2.75) is 12.6 Å². The number of hydrogen-bond donors (Lipinski definition) is 0. The molecule has 0 aliphatic rings. The largest absolute Gasteiger partial charge is 0.411 e. The third kappa shape index (κ3) is 7.88. The third-order valence-electron chi connectivity index (χ3n) is 1.25. The van der Waals surface area contributed by atoms with Gasteiger partial charge in [-0.3, -0.25) is 0 Å². The molecule has 76 valence electrons. The van der Waals surface area contributed by atoms with E-state index in [-0.39, 0.29) is 18.9 Å². The van der Waals surface area contributed by atoms with Gasteiger partial charge in [-0.1, -0.05) is 0 Å². The Hall–Kier alpha value is -0.470. The Bertz CT molecular complexity index is 178. The van der Waals surface area contributed by atoms with Crippen molar-refractivity contribution in [1.29, 1.82) is 5.26 Å². The number of rotatable bonds is 5. The van der Waals surface area contributed by atoms with Crippen molar-refractivity contribution in [2.75, 3.05) is 19.1 Å². The van der Waals surface area contributed by atoms with E-state index in [0.717, 1.165) is 0 Å². The van der Waals surface area contributed by atoms with Crippen LogP contribution in [0.25, 0.3) is 0 Å². The number of nitrogens with zero attached hydrogens (tertiary/aromatic N) is 1. The average Bonchev–Trinajstić information content (AvgIpc) is 2.03. The Kier molecular flexibility index (Phi) is 5.84. The van der Waals surface area contributed by atoms with Crippen molar-refractivity contribution < 1.29 is 17.9 Å². The number of ether oxygens (including phenoxy) is 1. The lowest BCUT2D eigenvalue weighted by molar-refractivity contribution is -0.174. The zero-order chi connectivity index (χ0) is 10.3. The van der Waals surface area contributed by atoms with E-state index >= 15 is 0 Å². The Balaban J connectivity index is 3.41. The highest BCUT2D eigenvalue weighted by Gasteiger charge is 2.27. The van der Waals surface area contributed by atoms with Gasteiger partial charge in [-0.25, -0.2) is 0 Å². The molecule has 0 heterocycles. The lowest BCUT2D eigenvalue weighted by Gasteiger charge is -2.08. The van der Waals surface area contributed by atoms with Crippen LogP contribution in [0.2, 0.25) is 0 Å². The maximum Gasteiger partial charge on any atom is 0.411 e. The maximum atomic E-state index is 11.5. The van der Waals surface area contributed by atoms with Crippen LogP contribution in [0.4, 0.5) is 13.2 Å². The van der Waals surface area contributed by atoms with Gasteiger partial charge in [-0.2, -0.15) is 18.4 Å². The summed E-state index contributed by atoms with van der Waals surface area (Å²) >= 11 is 5.34. The fourth-order valence-corrected chi connectivity index (χ4v) is 0.813. The van der Waals surface area contributed by atoms with Crippen molar-refractivity contribution in [2.24, 2.45) is 5.92 Å². The monoisotopic (exact) mass is 215 g/mol. The summed E-state index contributed by atoms with van der Waals surface area (Å²) in [6, 6.07) is 1.86. The SMILES string of the molecule is N#CC(CCl)CCOCC(F)(F)F. The molecule has 0 aromatic carbocycles. The molecule has 0 spiro atoms. The molecule has 0 saturated carbocycles. The Morgan fingerprint density at radius 3 is 2.46 bits per heavy atom. The minimum atomic E-state index is -4.30. The van der Waals surface area contributed by atoms with E-state index in [9.17, 15) is 13.2 Å². The zero-order valence-corrected chi connectivity index (χ0v) is 7.53. The normalized spacial score (nSPS) is 13.8. The number of alkyl halides is 4. The summed E-state index contributed by atoms with van der Waals surface area (Å²) in [5.74, 6) is -0.318. The van der Waals surface area contributed by atoms with E-state index in [4.69, 9.17) is 16.9 Å². The zero-order valence-electron chi connectivity index (χ0n) is 6.77. The highest BCUT2D eigenvalue weighted by molar-refractivity contribution is 6.18. The Morgan fingerprint density at radius 2 is 2.08 bits per heavy atom. The van der Waals surface area contributed by atoms with Crippen molar-refractivity contribution in [1.82, 2.24) is 0 Å². The fourth-order valence-electron chi connectivity index (χ4n) is 0.590. The topological polar surface area (TPSA) is 33.0 Å². The summed E-state index contributed by atoms with van der Waals surface area (Å²) in [7, 11) is 0. The number of nitriles is 1. The van der Waals surface area contributed by atoms with E-state index in [0.29, 0.717) is 0 Å². The molecule has 1 atom stereocenters. The van der Waals surface area contributed by atoms with Crippen LogP contribution in [0.15, 0.2) is 0 Å². The highest BCUT2D eigenvalue weighted by Crippen LogP contribution is 2.15. The molecule has 0 rings (SSSR count). The summed E-state index contributed by atoms with van der Waals surface area (Å²) in [6.45, 7) is -1.36. The van der Waals surface area contributed by atoms with E-state index in [1.165, 1.54) is 0 Å². The Morgan fingerprint density at radius 1 is 1.46 bits per heavy atom. The van der Waals surface area contributed by atoms with Gasteiger partial charge in [0.15, 0.2) is 0 Å². The van der Waals surface area contributed by atoms with Gasteiger partial charge in [0, 0.05) is 12.5 Å². The van der Waals surface area contributed by atoms with Gasteiger partial charge in [0.05, 0.1) is 12.0 Å². The van der Waals surface area contributed by atoms with Crippen LogP contribution in [0.3, 0.4) is 0 Å². The molecule has 0 aromatic heterocycles. The smallest absolute Gasteiger partial charge is 0.372 e. The summed E-state index contributed by atoms with van der Waals surface area (Å²) < 4.78 is 38.9. The molecule has 0 fully saturated rings. The predicted octanol–water partition coefficient (Wildman–Crippen LogP) is 2.33. The van der Waals surface area contributed by atoms with Crippen molar-refractivity contribution in [3.8, 4) is 6.07 Å². The second-order valence-electron chi connectivity index (χ2n) is 2.44. The van der Waals surface area contributed by atoms with Crippen molar-refractivity contribution >= 4 is 11.6 Å². The second kappa shape index (κ2) is 6.06. The molecule has 2 nitrogen and oxygen atoms in total. The molecular weight excluding hydrogens is 207 g/mol. The molecule has 0 aliphatic heterocycles. The van der Waals surface area contributed by atoms with Gasteiger partial charge in [-0.15, -0.1) is 11.6 Å². The van der Waals surface area contributed by atoms with Gasteiger partial charge in [0.1, 0.15) is 6.61 Å². The molecule has 6 heteroatoms. The molecule has 13 heavy (non-hydrogen) atoms. The quantitative estimate of drug-likeness (QED) is 0.521. The molecule has 0 aliphatic carbocycles. The second-order valence-corrected chi connectivity index (χ2v) is 2.75. The van der Waals surface area contributed by atoms with Crippen molar-refractivity contribution in [3.05, 3.63) is 0 Å². The van der Waals surface area contributed by atoms with Crippen LogP contribution in [0.1, 0.15) is 6.42 Å².